The summed E-state index contributed by atoms with van der Waals surface area (Å²) < 4.78 is 0. The van der Waals surface area contributed by atoms with Crippen molar-refractivity contribution >= 4 is 23.4 Å². The van der Waals surface area contributed by atoms with E-state index < -0.39 is 12.1 Å². The Balaban J connectivity index is 1.47. The standard InChI is InChI=1S/C22H24ClN3O2/c1-24-19(13-16-6-3-2-4-7-16)22(28)26-11-10-25(15-20(26)21(24)27)14-17-8-5-9-18(23)12-17/h2-9,12,19-20H,10-11,13-15H2,1H3/t19-,20+/m0/s1. The zero-order valence-electron chi connectivity index (χ0n) is 15.9. The Morgan fingerprint density at radius 1 is 0.964 bits per heavy atom. The molecule has 28 heavy (non-hydrogen) atoms. The number of fused-ring (bicyclic) bond motifs is 1. The van der Waals surface area contributed by atoms with Gasteiger partial charge in [0.25, 0.3) is 0 Å². The number of carbonyl (C=O) groups is 2. The molecule has 2 fully saturated rings. The van der Waals surface area contributed by atoms with Gasteiger partial charge in [-0.15, -0.1) is 0 Å². The number of hydrogen-bond acceptors (Lipinski definition) is 3. The van der Waals surface area contributed by atoms with Crippen LogP contribution in [0.15, 0.2) is 54.6 Å². The molecule has 0 radical (unpaired) electrons. The fourth-order valence-corrected chi connectivity index (χ4v) is 4.37. The SMILES string of the molecule is CN1C(=O)[C@H]2CN(Cc3cccc(Cl)c3)CCN2C(=O)[C@@H]1Cc1ccccc1. The molecule has 5 nitrogen and oxygen atoms in total. The quantitative estimate of drug-likeness (QED) is 0.796. The molecule has 2 saturated heterocycles. The second kappa shape index (κ2) is 7.94. The molecule has 0 aliphatic carbocycles. The average Bonchev–Trinajstić information content (AvgIpc) is 2.70. The molecule has 2 heterocycles. The Bertz CT molecular complexity index is 873. The van der Waals surface area contributed by atoms with Crippen molar-refractivity contribution in [2.45, 2.75) is 25.0 Å². The summed E-state index contributed by atoms with van der Waals surface area (Å²) in [4.78, 5) is 31.8. The van der Waals surface area contributed by atoms with Crippen LogP contribution in [-0.2, 0) is 22.6 Å². The number of piperazine rings is 2. The maximum atomic E-state index is 13.1. The molecule has 0 aromatic heterocycles. The number of likely N-dealkylation sites (N-methyl/N-ethyl adjacent to an activating group) is 1. The molecule has 0 N–H and O–H groups in total. The van der Waals surface area contributed by atoms with Gasteiger partial charge in [-0.3, -0.25) is 14.5 Å². The lowest BCUT2D eigenvalue weighted by molar-refractivity contribution is -0.164. The molecule has 0 saturated carbocycles. The molecule has 2 amide bonds. The third kappa shape index (κ3) is 3.77. The molecule has 0 bridgehead atoms. The van der Waals surface area contributed by atoms with Gasteiger partial charge >= 0.3 is 0 Å². The normalized spacial score (nSPS) is 23.1. The van der Waals surface area contributed by atoms with Crippen molar-refractivity contribution in [3.8, 4) is 0 Å². The van der Waals surface area contributed by atoms with Gasteiger partial charge in [0.05, 0.1) is 0 Å². The predicted octanol–water partition coefficient (Wildman–Crippen LogP) is 2.44. The molecular weight excluding hydrogens is 374 g/mol. The Kier molecular flexibility index (Phi) is 5.38. The third-order valence-corrected chi connectivity index (χ3v) is 5.94. The summed E-state index contributed by atoms with van der Waals surface area (Å²) >= 11 is 6.08. The van der Waals surface area contributed by atoms with Gasteiger partial charge in [-0.1, -0.05) is 54.1 Å². The number of benzene rings is 2. The fourth-order valence-electron chi connectivity index (χ4n) is 4.16. The van der Waals surface area contributed by atoms with Crippen molar-refractivity contribution in [3.63, 3.8) is 0 Å². The second-order valence-electron chi connectivity index (χ2n) is 7.57. The van der Waals surface area contributed by atoms with E-state index in [2.05, 4.69) is 4.90 Å². The Hall–Kier alpha value is -2.37. The van der Waals surface area contributed by atoms with Crippen LogP contribution in [-0.4, -0.2) is 65.3 Å². The monoisotopic (exact) mass is 397 g/mol. The number of hydrogen-bond donors (Lipinski definition) is 0. The van der Waals surface area contributed by atoms with E-state index in [-0.39, 0.29) is 11.8 Å². The maximum absolute atomic E-state index is 13.1. The first-order valence-corrected chi connectivity index (χ1v) is 9.98. The highest BCUT2D eigenvalue weighted by Gasteiger charge is 2.46. The van der Waals surface area contributed by atoms with Crippen LogP contribution in [0.5, 0.6) is 0 Å². The van der Waals surface area contributed by atoms with Gasteiger partial charge in [-0.25, -0.2) is 0 Å². The summed E-state index contributed by atoms with van der Waals surface area (Å²) in [5.41, 5.74) is 2.18. The molecule has 4 rings (SSSR count). The fraction of sp³-hybridized carbons (Fsp3) is 0.364. The first-order chi connectivity index (χ1) is 13.5. The Morgan fingerprint density at radius 2 is 1.71 bits per heavy atom. The highest BCUT2D eigenvalue weighted by atomic mass is 35.5. The number of amides is 2. The number of nitrogens with zero attached hydrogens (tertiary/aromatic N) is 3. The van der Waals surface area contributed by atoms with Crippen LogP contribution in [0.4, 0.5) is 0 Å². The van der Waals surface area contributed by atoms with Crippen molar-refractivity contribution in [1.29, 1.82) is 0 Å². The van der Waals surface area contributed by atoms with E-state index in [4.69, 9.17) is 11.6 Å². The minimum Gasteiger partial charge on any atom is -0.332 e. The molecular formula is C22H24ClN3O2. The van der Waals surface area contributed by atoms with Gasteiger partial charge in [0.1, 0.15) is 12.1 Å². The van der Waals surface area contributed by atoms with Gasteiger partial charge < -0.3 is 9.80 Å². The van der Waals surface area contributed by atoms with E-state index in [1.807, 2.05) is 54.6 Å². The van der Waals surface area contributed by atoms with Gasteiger partial charge in [0.2, 0.25) is 11.8 Å². The first-order valence-electron chi connectivity index (χ1n) is 9.61. The second-order valence-corrected chi connectivity index (χ2v) is 8.00. The molecule has 2 aliphatic heterocycles. The maximum Gasteiger partial charge on any atom is 0.247 e. The number of carbonyl (C=O) groups excluding carboxylic acids is 2. The number of halogens is 1. The van der Waals surface area contributed by atoms with Crippen LogP contribution < -0.4 is 0 Å². The number of rotatable bonds is 4. The Morgan fingerprint density at radius 3 is 2.46 bits per heavy atom. The third-order valence-electron chi connectivity index (χ3n) is 5.70. The van der Waals surface area contributed by atoms with E-state index in [1.54, 1.807) is 16.8 Å². The van der Waals surface area contributed by atoms with E-state index in [1.165, 1.54) is 0 Å². The van der Waals surface area contributed by atoms with E-state index >= 15 is 0 Å². The highest BCUT2D eigenvalue weighted by Crippen LogP contribution is 2.24. The molecule has 0 unspecified atom stereocenters. The van der Waals surface area contributed by atoms with Gasteiger partial charge in [-0.2, -0.15) is 0 Å². The van der Waals surface area contributed by atoms with Crippen LogP contribution in [0.3, 0.4) is 0 Å². The summed E-state index contributed by atoms with van der Waals surface area (Å²) in [5.74, 6) is 0.0784. The molecule has 6 heteroatoms. The van der Waals surface area contributed by atoms with Gasteiger partial charge in [0, 0.05) is 44.7 Å². The summed E-state index contributed by atoms with van der Waals surface area (Å²) in [6, 6.07) is 16.8. The zero-order chi connectivity index (χ0) is 19.7. The summed E-state index contributed by atoms with van der Waals surface area (Å²) in [5, 5.41) is 0.712. The Labute approximate surface area is 170 Å². The van der Waals surface area contributed by atoms with E-state index in [9.17, 15) is 9.59 Å². The predicted molar refractivity (Wildman–Crippen MR) is 109 cm³/mol. The van der Waals surface area contributed by atoms with E-state index in [0.717, 1.165) is 24.2 Å². The summed E-state index contributed by atoms with van der Waals surface area (Å²) in [6.45, 7) is 2.61. The topological polar surface area (TPSA) is 43.9 Å². The minimum atomic E-state index is -0.425. The zero-order valence-corrected chi connectivity index (χ0v) is 16.7. The van der Waals surface area contributed by atoms with Crippen molar-refractivity contribution in [1.82, 2.24) is 14.7 Å². The molecule has 146 valence electrons. The van der Waals surface area contributed by atoms with Crippen LogP contribution in [0.25, 0.3) is 0 Å². The van der Waals surface area contributed by atoms with Crippen LogP contribution in [0, 0.1) is 0 Å². The smallest absolute Gasteiger partial charge is 0.247 e. The molecule has 2 aromatic carbocycles. The van der Waals surface area contributed by atoms with Crippen molar-refractivity contribution in [2.24, 2.45) is 0 Å². The van der Waals surface area contributed by atoms with Crippen LogP contribution in [0.1, 0.15) is 11.1 Å². The largest absolute Gasteiger partial charge is 0.332 e. The van der Waals surface area contributed by atoms with Gasteiger partial charge in [-0.05, 0) is 23.3 Å². The lowest BCUT2D eigenvalue weighted by Crippen LogP contribution is -2.69. The molecule has 0 spiro atoms. The van der Waals surface area contributed by atoms with Crippen LogP contribution in [0.2, 0.25) is 5.02 Å². The highest BCUT2D eigenvalue weighted by molar-refractivity contribution is 6.30. The van der Waals surface area contributed by atoms with Crippen molar-refractivity contribution < 1.29 is 9.59 Å². The van der Waals surface area contributed by atoms with Crippen molar-refractivity contribution in [3.05, 3.63) is 70.7 Å². The summed E-state index contributed by atoms with van der Waals surface area (Å²) in [6.07, 6.45) is 0.553. The lowest BCUT2D eigenvalue weighted by Gasteiger charge is -2.48. The van der Waals surface area contributed by atoms with Gasteiger partial charge in [0.15, 0.2) is 0 Å². The lowest BCUT2D eigenvalue weighted by atomic mass is 9.97. The summed E-state index contributed by atoms with van der Waals surface area (Å²) in [7, 11) is 1.75. The molecule has 2 atom stereocenters. The first kappa shape index (κ1) is 19.0. The minimum absolute atomic E-state index is 0.0244. The molecule has 2 aliphatic rings. The van der Waals surface area contributed by atoms with Crippen molar-refractivity contribution in [2.75, 3.05) is 26.7 Å². The van der Waals surface area contributed by atoms with E-state index in [0.29, 0.717) is 24.5 Å². The average molecular weight is 398 g/mol. The van der Waals surface area contributed by atoms with Crippen LogP contribution >= 0.6 is 11.6 Å². The molecule has 2 aromatic rings.